The summed E-state index contributed by atoms with van der Waals surface area (Å²) < 4.78 is 0. The molecule has 0 atom stereocenters. The van der Waals surface area contributed by atoms with Gasteiger partial charge in [0.2, 0.25) is 0 Å². The maximum Gasteiger partial charge on any atom is -0.0263 e. The summed E-state index contributed by atoms with van der Waals surface area (Å²) in [5.41, 5.74) is 2.35. The van der Waals surface area contributed by atoms with Crippen molar-refractivity contribution in [2.75, 3.05) is 0 Å². The van der Waals surface area contributed by atoms with Crippen molar-refractivity contribution in [3.63, 3.8) is 0 Å². The van der Waals surface area contributed by atoms with E-state index in [9.17, 15) is 0 Å². The summed E-state index contributed by atoms with van der Waals surface area (Å²) in [6, 6.07) is 20.1. The first-order valence-corrected chi connectivity index (χ1v) is 7.63. The summed E-state index contributed by atoms with van der Waals surface area (Å²) in [5.74, 6) is 0. The molecular formula is C22H30. The van der Waals surface area contributed by atoms with E-state index in [1.807, 2.05) is 72.8 Å². The van der Waals surface area contributed by atoms with Gasteiger partial charge in [0.05, 0.1) is 0 Å². The van der Waals surface area contributed by atoms with Crippen molar-refractivity contribution >= 4 is 12.2 Å². The molecule has 0 saturated carbocycles. The third kappa shape index (κ3) is 14.1. The lowest BCUT2D eigenvalue weighted by molar-refractivity contribution is 0.886. The number of unbranched alkanes of at least 4 members (excludes halogenated alkanes) is 1. The zero-order valence-corrected chi connectivity index (χ0v) is 14.2. The van der Waals surface area contributed by atoms with Crippen LogP contribution in [0.2, 0.25) is 0 Å². The van der Waals surface area contributed by atoms with Crippen molar-refractivity contribution < 1.29 is 0 Å². The molecule has 0 amide bonds. The van der Waals surface area contributed by atoms with Crippen LogP contribution in [-0.2, 0) is 0 Å². The normalized spacial score (nSPS) is 7.73. The van der Waals surface area contributed by atoms with E-state index in [-0.39, 0.29) is 0 Å². The summed E-state index contributed by atoms with van der Waals surface area (Å²) in [6.07, 6.45) is 6.31. The van der Waals surface area contributed by atoms with E-state index < -0.39 is 0 Å². The van der Waals surface area contributed by atoms with E-state index in [4.69, 9.17) is 0 Å². The van der Waals surface area contributed by atoms with Crippen LogP contribution in [0.25, 0.3) is 12.2 Å². The van der Waals surface area contributed by atoms with E-state index in [0.29, 0.717) is 0 Å². The Morgan fingerprint density at radius 1 is 0.636 bits per heavy atom. The van der Waals surface area contributed by atoms with Gasteiger partial charge in [0, 0.05) is 0 Å². The van der Waals surface area contributed by atoms with Crippen LogP contribution in [0.15, 0.2) is 87.0 Å². The maximum absolute atomic E-state index is 3.63. The Labute approximate surface area is 137 Å². The molecule has 0 spiro atoms. The molecule has 0 N–H and O–H groups in total. The van der Waals surface area contributed by atoms with Gasteiger partial charge in [-0.3, -0.25) is 0 Å². The van der Waals surface area contributed by atoms with Gasteiger partial charge in [-0.05, 0) is 11.1 Å². The second-order valence-corrected chi connectivity index (χ2v) is 4.23. The molecule has 118 valence electrons. The van der Waals surface area contributed by atoms with E-state index in [2.05, 4.69) is 40.2 Å². The molecule has 0 bridgehead atoms. The fraction of sp³-hybridized carbons (Fsp3) is 0.182. The molecule has 0 aliphatic heterocycles. The molecule has 0 saturated heterocycles. The van der Waals surface area contributed by atoms with E-state index in [1.54, 1.807) is 0 Å². The highest BCUT2D eigenvalue weighted by atomic mass is 13.8. The van der Waals surface area contributed by atoms with Crippen molar-refractivity contribution in [1.82, 2.24) is 0 Å². The number of hydrogen-bond donors (Lipinski definition) is 0. The van der Waals surface area contributed by atoms with Gasteiger partial charge in [-0.25, -0.2) is 0 Å². The summed E-state index contributed by atoms with van der Waals surface area (Å²) in [5, 5.41) is 0. The topological polar surface area (TPSA) is 0 Å². The highest BCUT2D eigenvalue weighted by Crippen LogP contribution is 1.98. The molecule has 0 nitrogen and oxygen atoms in total. The van der Waals surface area contributed by atoms with Crippen LogP contribution < -0.4 is 0 Å². The van der Waals surface area contributed by atoms with Crippen LogP contribution in [0.3, 0.4) is 0 Å². The summed E-state index contributed by atoms with van der Waals surface area (Å²) >= 11 is 0. The number of benzene rings is 2. The van der Waals surface area contributed by atoms with Crippen molar-refractivity contribution in [3.8, 4) is 0 Å². The Morgan fingerprint density at radius 2 is 0.909 bits per heavy atom. The van der Waals surface area contributed by atoms with Gasteiger partial charge in [0.25, 0.3) is 0 Å². The Morgan fingerprint density at radius 3 is 1.05 bits per heavy atom. The minimum Gasteiger partial charge on any atom is -0.106 e. The molecule has 0 aliphatic rings. The average molecular weight is 294 g/mol. The quantitative estimate of drug-likeness (QED) is 0.522. The van der Waals surface area contributed by atoms with E-state index >= 15 is 0 Å². The lowest BCUT2D eigenvalue weighted by atomic mass is 10.2. The number of rotatable bonds is 3. The standard InChI is InChI=1S/2C8H8.C4H10.C2H4/c2*1-2-8-6-4-3-5-7-8;1-3-4-2;1-2/h2*2-7H,1H2;3-4H2,1-2H3;1-2H2. The van der Waals surface area contributed by atoms with Crippen LogP contribution in [0.5, 0.6) is 0 Å². The van der Waals surface area contributed by atoms with Gasteiger partial charge >= 0.3 is 0 Å². The molecule has 0 heterocycles. The second-order valence-electron chi connectivity index (χ2n) is 4.23. The first kappa shape index (κ1) is 21.9. The minimum atomic E-state index is 1.17. The van der Waals surface area contributed by atoms with Crippen LogP contribution in [0.1, 0.15) is 37.8 Å². The molecule has 22 heavy (non-hydrogen) atoms. The largest absolute Gasteiger partial charge is 0.106 e. The Balaban J connectivity index is 0. The molecule has 0 heteroatoms. The van der Waals surface area contributed by atoms with Gasteiger partial charge in [-0.2, -0.15) is 0 Å². The predicted octanol–water partition coefficient (Wildman–Crippen LogP) is 7.27. The molecule has 2 rings (SSSR count). The smallest absolute Gasteiger partial charge is 0.0263 e. The van der Waals surface area contributed by atoms with Crippen molar-refractivity contribution in [2.24, 2.45) is 0 Å². The fourth-order valence-corrected chi connectivity index (χ4v) is 1.18. The zero-order chi connectivity index (χ0) is 17.1. The molecular weight excluding hydrogens is 264 g/mol. The monoisotopic (exact) mass is 294 g/mol. The Hall–Kier alpha value is -2.34. The highest BCUT2D eigenvalue weighted by molar-refractivity contribution is 5.46. The summed E-state index contributed by atoms with van der Waals surface area (Å²) in [6.45, 7) is 17.6. The fourth-order valence-electron chi connectivity index (χ4n) is 1.18. The maximum atomic E-state index is 3.63. The second kappa shape index (κ2) is 18.7. The highest BCUT2D eigenvalue weighted by Gasteiger charge is 1.76. The molecule has 0 aromatic heterocycles. The van der Waals surface area contributed by atoms with Gasteiger partial charge in [-0.1, -0.05) is 113 Å². The van der Waals surface area contributed by atoms with Gasteiger partial charge in [0.15, 0.2) is 0 Å². The first-order valence-electron chi connectivity index (χ1n) is 7.63. The van der Waals surface area contributed by atoms with Crippen LogP contribution in [-0.4, -0.2) is 0 Å². The third-order valence-electron chi connectivity index (χ3n) is 2.57. The lowest BCUT2D eigenvalue weighted by Gasteiger charge is -1.85. The van der Waals surface area contributed by atoms with E-state index in [0.717, 1.165) is 0 Å². The molecule has 0 unspecified atom stereocenters. The van der Waals surface area contributed by atoms with Gasteiger partial charge in [0.1, 0.15) is 0 Å². The van der Waals surface area contributed by atoms with E-state index in [1.165, 1.54) is 24.0 Å². The molecule has 0 radical (unpaired) electrons. The molecule has 0 fully saturated rings. The Kier molecular flexibility index (Phi) is 18.6. The molecule has 2 aromatic carbocycles. The lowest BCUT2D eigenvalue weighted by Crippen LogP contribution is -1.63. The van der Waals surface area contributed by atoms with Crippen molar-refractivity contribution in [1.29, 1.82) is 0 Å². The minimum absolute atomic E-state index is 1.17. The summed E-state index contributed by atoms with van der Waals surface area (Å²) in [4.78, 5) is 0. The van der Waals surface area contributed by atoms with Crippen LogP contribution in [0.4, 0.5) is 0 Å². The van der Waals surface area contributed by atoms with Crippen LogP contribution in [0, 0.1) is 0 Å². The van der Waals surface area contributed by atoms with Crippen LogP contribution >= 0.6 is 0 Å². The molecule has 2 aromatic rings. The summed E-state index contributed by atoms with van der Waals surface area (Å²) in [7, 11) is 0. The average Bonchev–Trinajstić information content (AvgIpc) is 2.65. The first-order chi connectivity index (χ1) is 10.8. The third-order valence-corrected chi connectivity index (χ3v) is 2.57. The van der Waals surface area contributed by atoms with Gasteiger partial charge < -0.3 is 0 Å². The van der Waals surface area contributed by atoms with Crippen molar-refractivity contribution in [2.45, 2.75) is 26.7 Å². The predicted molar refractivity (Wildman–Crippen MR) is 105 cm³/mol. The Bertz CT molecular complexity index is 408. The number of hydrogen-bond acceptors (Lipinski definition) is 0. The van der Waals surface area contributed by atoms with Crippen molar-refractivity contribution in [3.05, 3.63) is 98.1 Å². The zero-order valence-electron chi connectivity index (χ0n) is 14.2. The van der Waals surface area contributed by atoms with Gasteiger partial charge in [-0.15, -0.1) is 13.2 Å². The SMILES string of the molecule is C=C.C=Cc1ccccc1.C=Cc1ccccc1.CCCC. The molecule has 0 aliphatic carbocycles.